The average molecular weight is 377 g/mol. The Morgan fingerprint density at radius 1 is 1.22 bits per heavy atom. The maximum atomic E-state index is 13.8. The number of aromatic nitrogens is 3. The number of methoxy groups -OCH3 is 1. The summed E-state index contributed by atoms with van der Waals surface area (Å²) in [5, 5.41) is 7.22. The number of hydrogen-bond donors (Lipinski definition) is 1. The highest BCUT2D eigenvalue weighted by Crippen LogP contribution is 2.15. The van der Waals surface area contributed by atoms with Crippen LogP contribution in [0.5, 0.6) is 5.75 Å². The molecule has 0 saturated carbocycles. The predicted octanol–water partition coefficient (Wildman–Crippen LogP) is 0.453. The van der Waals surface area contributed by atoms with Gasteiger partial charge in [-0.3, -0.25) is 9.36 Å². The second kappa shape index (κ2) is 7.91. The number of rotatable bonds is 5. The Bertz CT molecular complexity index is 899. The summed E-state index contributed by atoms with van der Waals surface area (Å²) in [6.45, 7) is 1.19. The number of nitrogens with one attached hydrogen (secondary N) is 1. The third-order valence-corrected chi connectivity index (χ3v) is 4.65. The number of likely N-dealkylation sites (tertiary alicyclic amines) is 1. The molecule has 1 aromatic carbocycles. The summed E-state index contributed by atoms with van der Waals surface area (Å²) >= 11 is 0. The van der Waals surface area contributed by atoms with E-state index in [1.54, 1.807) is 19.2 Å². The molecule has 9 heteroatoms. The summed E-state index contributed by atoms with van der Waals surface area (Å²) in [7, 11) is 4.82. The van der Waals surface area contributed by atoms with E-state index in [4.69, 9.17) is 4.74 Å². The van der Waals surface area contributed by atoms with E-state index in [0.717, 1.165) is 10.1 Å². The Balaban J connectivity index is 1.86. The van der Waals surface area contributed by atoms with Crippen molar-refractivity contribution in [1.82, 2.24) is 19.2 Å². The molecule has 27 heavy (non-hydrogen) atoms. The zero-order valence-electron chi connectivity index (χ0n) is 15.7. The molecule has 3 rings (SSSR count). The number of likely N-dealkylation sites (N-methyl/N-ethyl adjacent to an activating group) is 1. The van der Waals surface area contributed by atoms with Crippen LogP contribution in [0.3, 0.4) is 0 Å². The highest BCUT2D eigenvalue weighted by Gasteiger charge is 2.26. The van der Waals surface area contributed by atoms with Crippen molar-refractivity contribution in [3.05, 3.63) is 50.7 Å². The fraction of sp³-hybridized carbons (Fsp3) is 0.500. The van der Waals surface area contributed by atoms with Crippen LogP contribution in [0, 0.1) is 0 Å². The minimum absolute atomic E-state index is 0.0538. The molecule has 0 bridgehead atoms. The molecule has 0 amide bonds. The fourth-order valence-electron chi connectivity index (χ4n) is 3.27. The van der Waals surface area contributed by atoms with Gasteiger partial charge in [-0.25, -0.2) is 13.9 Å². The van der Waals surface area contributed by atoms with Crippen molar-refractivity contribution in [2.75, 3.05) is 32.6 Å². The molecule has 2 atom stereocenters. The summed E-state index contributed by atoms with van der Waals surface area (Å²) in [5.74, 6) is 0.766. The quantitative estimate of drug-likeness (QED) is 0.815. The molecule has 8 nitrogen and oxygen atoms in total. The molecule has 0 radical (unpaired) electrons. The molecule has 1 N–H and O–H groups in total. The second-order valence-corrected chi connectivity index (χ2v) is 6.90. The Morgan fingerprint density at radius 3 is 2.56 bits per heavy atom. The molecule has 1 fully saturated rings. The van der Waals surface area contributed by atoms with Crippen LogP contribution in [0.1, 0.15) is 12.0 Å². The first-order valence-corrected chi connectivity index (χ1v) is 8.77. The first kappa shape index (κ1) is 19.1. The number of alkyl halides is 1. The molecule has 0 spiro atoms. The van der Waals surface area contributed by atoms with E-state index in [0.29, 0.717) is 25.3 Å². The Hall–Kier alpha value is -2.68. The monoisotopic (exact) mass is 377 g/mol. The van der Waals surface area contributed by atoms with Gasteiger partial charge in [0.05, 0.1) is 13.7 Å². The van der Waals surface area contributed by atoms with Crippen molar-refractivity contribution in [3.8, 4) is 5.75 Å². The predicted molar refractivity (Wildman–Crippen MR) is 100 cm³/mol. The lowest BCUT2D eigenvalue weighted by atomic mass is 10.1. The third kappa shape index (κ3) is 4.36. The summed E-state index contributed by atoms with van der Waals surface area (Å²) in [6.07, 6.45) is -0.664. The van der Waals surface area contributed by atoms with Crippen molar-refractivity contribution in [2.45, 2.75) is 25.2 Å². The average Bonchev–Trinajstić information content (AvgIpc) is 2.63. The number of ether oxygens (including phenoxy) is 1. The minimum atomic E-state index is -0.963. The molecule has 0 aliphatic carbocycles. The van der Waals surface area contributed by atoms with Gasteiger partial charge in [0.1, 0.15) is 11.9 Å². The van der Waals surface area contributed by atoms with Gasteiger partial charge < -0.3 is 15.0 Å². The van der Waals surface area contributed by atoms with Crippen LogP contribution in [0.2, 0.25) is 0 Å². The molecule has 146 valence electrons. The van der Waals surface area contributed by atoms with Crippen molar-refractivity contribution in [3.63, 3.8) is 0 Å². The van der Waals surface area contributed by atoms with Crippen LogP contribution in [-0.2, 0) is 13.6 Å². The first-order valence-electron chi connectivity index (χ1n) is 8.77. The van der Waals surface area contributed by atoms with Crippen molar-refractivity contribution in [2.24, 2.45) is 7.05 Å². The number of piperidine rings is 1. The first-order chi connectivity index (χ1) is 12.9. The molecule has 0 unspecified atom stereocenters. The van der Waals surface area contributed by atoms with Crippen LogP contribution in [0.4, 0.5) is 10.2 Å². The SMILES string of the molecule is COc1ccc(Cn2nc(N[C@@H]3C[C@@H](F)CN(C)C3)c(=O)n(C)c2=O)cc1. The lowest BCUT2D eigenvalue weighted by molar-refractivity contribution is 0.153. The molecule has 1 saturated heterocycles. The number of anilines is 1. The summed E-state index contributed by atoms with van der Waals surface area (Å²) in [4.78, 5) is 26.7. The van der Waals surface area contributed by atoms with E-state index in [1.807, 2.05) is 24.1 Å². The van der Waals surface area contributed by atoms with Gasteiger partial charge in [0.25, 0.3) is 5.56 Å². The highest BCUT2D eigenvalue weighted by atomic mass is 19.1. The van der Waals surface area contributed by atoms with Gasteiger partial charge in [-0.15, -0.1) is 5.10 Å². The number of benzene rings is 1. The van der Waals surface area contributed by atoms with Gasteiger partial charge in [0.2, 0.25) is 5.82 Å². The van der Waals surface area contributed by atoms with Gasteiger partial charge >= 0.3 is 5.69 Å². The standard InChI is InChI=1S/C18H24FN5O3/c1-22-10-13(19)8-14(11-22)20-16-17(25)23(2)18(26)24(21-16)9-12-4-6-15(27-3)7-5-12/h4-7,13-14H,8-11H2,1-3H3,(H,20,21)/t13-,14-/m1/s1. The van der Waals surface area contributed by atoms with Gasteiger partial charge in [-0.1, -0.05) is 12.1 Å². The summed E-state index contributed by atoms with van der Waals surface area (Å²) in [5.41, 5.74) is -0.184. The zero-order chi connectivity index (χ0) is 19.6. The van der Waals surface area contributed by atoms with E-state index in [-0.39, 0.29) is 18.4 Å². The third-order valence-electron chi connectivity index (χ3n) is 4.65. The molecular weight excluding hydrogens is 353 g/mol. The Morgan fingerprint density at radius 2 is 1.93 bits per heavy atom. The van der Waals surface area contributed by atoms with Crippen LogP contribution >= 0.6 is 0 Å². The molecule has 1 aromatic heterocycles. The molecule has 1 aliphatic rings. The smallest absolute Gasteiger partial charge is 0.347 e. The van der Waals surface area contributed by atoms with E-state index < -0.39 is 17.4 Å². The van der Waals surface area contributed by atoms with E-state index in [1.165, 1.54) is 11.7 Å². The van der Waals surface area contributed by atoms with Crippen molar-refractivity contribution >= 4 is 5.82 Å². The van der Waals surface area contributed by atoms with Gasteiger partial charge in [0, 0.05) is 32.6 Å². The number of halogens is 1. The Labute approximate surface area is 156 Å². The lowest BCUT2D eigenvalue weighted by Crippen LogP contribution is -2.48. The van der Waals surface area contributed by atoms with Gasteiger partial charge in [0.15, 0.2) is 0 Å². The minimum Gasteiger partial charge on any atom is -0.497 e. The second-order valence-electron chi connectivity index (χ2n) is 6.90. The topological polar surface area (TPSA) is 81.4 Å². The largest absolute Gasteiger partial charge is 0.497 e. The number of nitrogens with zero attached hydrogens (tertiary/aromatic N) is 4. The Kier molecular flexibility index (Phi) is 5.59. The maximum absolute atomic E-state index is 13.8. The van der Waals surface area contributed by atoms with Crippen molar-refractivity contribution < 1.29 is 9.13 Å². The molecule has 2 heterocycles. The van der Waals surface area contributed by atoms with E-state index in [2.05, 4.69) is 10.4 Å². The molecule has 2 aromatic rings. The molecule has 1 aliphatic heterocycles. The van der Waals surface area contributed by atoms with Crippen LogP contribution < -0.4 is 21.3 Å². The summed E-state index contributed by atoms with van der Waals surface area (Å²) in [6, 6.07) is 7.00. The van der Waals surface area contributed by atoms with Crippen LogP contribution in [-0.4, -0.2) is 58.7 Å². The fourth-order valence-corrected chi connectivity index (χ4v) is 3.27. The maximum Gasteiger partial charge on any atom is 0.347 e. The molecular formula is C18H24FN5O3. The number of hydrogen-bond acceptors (Lipinski definition) is 6. The van der Waals surface area contributed by atoms with E-state index >= 15 is 0 Å². The lowest BCUT2D eigenvalue weighted by Gasteiger charge is -2.32. The van der Waals surface area contributed by atoms with Crippen LogP contribution in [0.15, 0.2) is 33.9 Å². The van der Waals surface area contributed by atoms with E-state index in [9.17, 15) is 14.0 Å². The normalized spacial score (nSPS) is 20.4. The van der Waals surface area contributed by atoms with Crippen molar-refractivity contribution in [1.29, 1.82) is 0 Å². The summed E-state index contributed by atoms with van der Waals surface area (Å²) < 4.78 is 21.2. The van der Waals surface area contributed by atoms with Gasteiger partial charge in [-0.05, 0) is 24.7 Å². The zero-order valence-corrected chi connectivity index (χ0v) is 15.7. The van der Waals surface area contributed by atoms with Gasteiger partial charge in [-0.2, -0.15) is 0 Å². The highest BCUT2D eigenvalue weighted by molar-refractivity contribution is 5.32. The van der Waals surface area contributed by atoms with Crippen LogP contribution in [0.25, 0.3) is 0 Å².